The summed E-state index contributed by atoms with van der Waals surface area (Å²) in [5.41, 5.74) is 0.511. The van der Waals surface area contributed by atoms with Gasteiger partial charge in [0.25, 0.3) is 5.56 Å². The maximum atomic E-state index is 13.3. The molecular weight excluding hydrogens is 570 g/mol. The van der Waals surface area contributed by atoms with E-state index in [9.17, 15) is 9.90 Å². The van der Waals surface area contributed by atoms with Gasteiger partial charge in [0.15, 0.2) is 0 Å². The van der Waals surface area contributed by atoms with Gasteiger partial charge in [0.05, 0.1) is 40.0 Å². The molecule has 0 saturated carbocycles. The molecule has 1 unspecified atom stereocenters. The van der Waals surface area contributed by atoms with Gasteiger partial charge in [0.1, 0.15) is 5.75 Å². The smallest absolute Gasteiger partial charge is 0.488 e. The number of phenols is 1. The average Bonchev–Trinajstić information content (AvgIpc) is 3.34. The molecule has 3 atom stereocenters. The second kappa shape index (κ2) is 11.2. The van der Waals surface area contributed by atoms with E-state index in [4.69, 9.17) is 23.4 Å². The molecule has 9 nitrogen and oxygen atoms in total. The highest BCUT2D eigenvalue weighted by Crippen LogP contribution is 2.45. The van der Waals surface area contributed by atoms with Crippen LogP contribution in [-0.2, 0) is 23.4 Å². The third-order valence-corrected chi connectivity index (χ3v) is 10.5. The third-order valence-electron chi connectivity index (χ3n) is 10.5. The SMILES string of the molecule is Cc1cn(-c2ccc(N3C[C@@H](CCC4(C)OB(B5OC(C)(C)C(C)(C)O5)OC4(C)C)O[C@@H](C)C3)cc2)c(=O)c2cccc(O)c12. The van der Waals surface area contributed by atoms with Crippen LogP contribution in [-0.4, -0.2) is 71.4 Å². The number of pyridine rings is 1. The van der Waals surface area contributed by atoms with E-state index in [0.29, 0.717) is 10.8 Å². The van der Waals surface area contributed by atoms with Crippen molar-refractivity contribution in [3.05, 3.63) is 64.6 Å². The number of hydrogen-bond acceptors (Lipinski definition) is 8. The number of anilines is 1. The number of hydrogen-bond donors (Lipinski definition) is 1. The Morgan fingerprint density at radius 3 is 2.11 bits per heavy atom. The van der Waals surface area contributed by atoms with Crippen molar-refractivity contribution in [3.8, 4) is 11.4 Å². The van der Waals surface area contributed by atoms with Crippen LogP contribution in [0, 0.1) is 6.92 Å². The first kappa shape index (κ1) is 32.1. The lowest BCUT2D eigenvalue weighted by atomic mass is 9.49. The first-order valence-corrected chi connectivity index (χ1v) is 16.1. The van der Waals surface area contributed by atoms with Crippen LogP contribution in [0.5, 0.6) is 5.75 Å². The predicted molar refractivity (Wildman–Crippen MR) is 178 cm³/mol. The van der Waals surface area contributed by atoms with Crippen molar-refractivity contribution in [2.75, 3.05) is 18.0 Å². The fourth-order valence-electron chi connectivity index (χ4n) is 6.76. The van der Waals surface area contributed by atoms with Crippen LogP contribution < -0.4 is 10.5 Å². The number of morpholine rings is 1. The van der Waals surface area contributed by atoms with Crippen molar-refractivity contribution < 1.29 is 28.5 Å². The average molecular weight is 616 g/mol. The Labute approximate surface area is 267 Å². The van der Waals surface area contributed by atoms with Gasteiger partial charge in [-0.05, 0) is 117 Å². The van der Waals surface area contributed by atoms with E-state index < -0.39 is 36.4 Å². The van der Waals surface area contributed by atoms with E-state index in [1.165, 1.54) is 0 Å². The maximum absolute atomic E-state index is 13.3. The van der Waals surface area contributed by atoms with E-state index in [1.807, 2.05) is 46.8 Å². The molecule has 0 amide bonds. The topological polar surface area (TPSA) is 91.6 Å². The van der Waals surface area contributed by atoms with Crippen molar-refractivity contribution in [2.45, 2.75) is 110 Å². The fraction of sp³-hybridized carbons (Fsp3) is 0.559. The van der Waals surface area contributed by atoms with E-state index in [1.54, 1.807) is 29.0 Å². The van der Waals surface area contributed by atoms with Gasteiger partial charge in [-0.1, -0.05) is 6.07 Å². The van der Waals surface area contributed by atoms with Crippen molar-refractivity contribution in [1.82, 2.24) is 4.57 Å². The van der Waals surface area contributed by atoms with Crippen LogP contribution in [0.2, 0.25) is 0 Å². The normalized spacial score (nSPS) is 27.4. The molecule has 3 saturated heterocycles. The lowest BCUT2D eigenvalue weighted by Crippen LogP contribution is -2.49. The first-order chi connectivity index (χ1) is 21.0. The zero-order valence-corrected chi connectivity index (χ0v) is 28.0. The molecule has 0 bridgehead atoms. The molecule has 1 aromatic heterocycles. The predicted octanol–water partition coefficient (Wildman–Crippen LogP) is 5.62. The first-order valence-electron chi connectivity index (χ1n) is 16.1. The Balaban J connectivity index is 1.13. The van der Waals surface area contributed by atoms with Gasteiger partial charge in [0, 0.05) is 36.0 Å². The van der Waals surface area contributed by atoms with Crippen LogP contribution in [0.1, 0.15) is 73.8 Å². The maximum Gasteiger partial charge on any atom is 0.488 e. The molecule has 3 aromatic rings. The van der Waals surface area contributed by atoms with Crippen molar-refractivity contribution in [3.63, 3.8) is 0 Å². The zero-order chi connectivity index (χ0) is 32.5. The second-order valence-corrected chi connectivity index (χ2v) is 14.7. The highest BCUT2D eigenvalue weighted by atomic mass is 16.7. The Hall–Kier alpha value is -2.82. The van der Waals surface area contributed by atoms with Gasteiger partial charge in [-0.15, -0.1) is 0 Å². The van der Waals surface area contributed by atoms with Crippen molar-refractivity contribution in [1.29, 1.82) is 0 Å². The molecule has 11 heteroatoms. The summed E-state index contributed by atoms with van der Waals surface area (Å²) in [6, 6.07) is 13.1. The monoisotopic (exact) mass is 616 g/mol. The number of ether oxygens (including phenoxy) is 1. The molecule has 2 aromatic carbocycles. The van der Waals surface area contributed by atoms with Crippen LogP contribution in [0.4, 0.5) is 5.69 Å². The molecule has 6 rings (SSSR count). The molecule has 45 heavy (non-hydrogen) atoms. The summed E-state index contributed by atoms with van der Waals surface area (Å²) in [5.74, 6) is 0.120. The summed E-state index contributed by atoms with van der Waals surface area (Å²) in [5, 5.41) is 11.4. The Bertz CT molecular complexity index is 1620. The second-order valence-electron chi connectivity index (χ2n) is 14.7. The van der Waals surface area contributed by atoms with E-state index in [2.05, 4.69) is 44.7 Å². The van der Waals surface area contributed by atoms with Gasteiger partial charge in [-0.2, -0.15) is 0 Å². The number of phenolic OH excluding ortho intramolecular Hbond substituents is 1. The number of aromatic nitrogens is 1. The fourth-order valence-corrected chi connectivity index (χ4v) is 6.76. The van der Waals surface area contributed by atoms with Crippen LogP contribution in [0.3, 0.4) is 0 Å². The summed E-state index contributed by atoms with van der Waals surface area (Å²) in [7, 11) is -1.21. The number of aromatic hydroxyl groups is 1. The molecule has 0 radical (unpaired) electrons. The van der Waals surface area contributed by atoms with Crippen molar-refractivity contribution >= 4 is 30.5 Å². The summed E-state index contributed by atoms with van der Waals surface area (Å²) in [6.45, 7) is 19.9. The Morgan fingerprint density at radius 2 is 1.44 bits per heavy atom. The van der Waals surface area contributed by atoms with E-state index in [-0.39, 0.29) is 23.5 Å². The summed E-state index contributed by atoms with van der Waals surface area (Å²) in [6.07, 6.45) is 3.41. The van der Waals surface area contributed by atoms with E-state index >= 15 is 0 Å². The molecule has 0 aliphatic carbocycles. The number of benzene rings is 2. The van der Waals surface area contributed by atoms with E-state index in [0.717, 1.165) is 42.9 Å². The molecule has 3 aliphatic rings. The van der Waals surface area contributed by atoms with Crippen LogP contribution in [0.25, 0.3) is 16.5 Å². The standard InChI is InChI=1S/C34H46B2N2O7/c1-22-19-38(30(40)27-11-10-12-28(39)29(22)27)25-15-13-24(14-16-25)37-20-23(2)41-26(21-37)17-18-34(9)33(7,8)44-36(45-34)35-42-31(3,4)32(5,6)43-35/h10-16,19,23,26,39H,17-18,20-21H2,1-9H3/t23-,26+,34?/m0/s1. The summed E-state index contributed by atoms with van der Waals surface area (Å²) >= 11 is 0. The Kier molecular flexibility index (Phi) is 7.97. The summed E-state index contributed by atoms with van der Waals surface area (Å²) < 4.78 is 33.6. The lowest BCUT2D eigenvalue weighted by Gasteiger charge is -2.41. The molecule has 1 N–H and O–H groups in total. The van der Waals surface area contributed by atoms with Crippen LogP contribution >= 0.6 is 0 Å². The van der Waals surface area contributed by atoms with Gasteiger partial charge < -0.3 is 33.4 Å². The summed E-state index contributed by atoms with van der Waals surface area (Å²) in [4.78, 5) is 15.7. The van der Waals surface area contributed by atoms with Crippen molar-refractivity contribution in [2.24, 2.45) is 0 Å². The molecule has 3 aliphatic heterocycles. The minimum Gasteiger partial charge on any atom is -0.507 e. The molecule has 4 heterocycles. The molecule has 0 spiro atoms. The van der Waals surface area contributed by atoms with Gasteiger partial charge >= 0.3 is 14.0 Å². The highest BCUT2D eigenvalue weighted by molar-refractivity contribution is 7.11. The van der Waals surface area contributed by atoms with Crippen LogP contribution in [0.15, 0.2) is 53.5 Å². The molecule has 240 valence electrons. The third kappa shape index (κ3) is 5.71. The largest absolute Gasteiger partial charge is 0.507 e. The minimum atomic E-state index is -0.614. The zero-order valence-electron chi connectivity index (χ0n) is 28.0. The minimum absolute atomic E-state index is 0.0129. The highest BCUT2D eigenvalue weighted by Gasteiger charge is 2.64. The Morgan fingerprint density at radius 1 is 0.844 bits per heavy atom. The quantitative estimate of drug-likeness (QED) is 0.357. The molecule has 3 fully saturated rings. The molecular formula is C34H46B2N2O7. The number of fused-ring (bicyclic) bond motifs is 1. The number of rotatable bonds is 6. The van der Waals surface area contributed by atoms with Gasteiger partial charge in [-0.25, -0.2) is 0 Å². The number of aryl methyl sites for hydroxylation is 1. The van der Waals surface area contributed by atoms with Gasteiger partial charge in [0.2, 0.25) is 0 Å². The van der Waals surface area contributed by atoms with Gasteiger partial charge in [-0.3, -0.25) is 9.36 Å². The number of nitrogens with zero attached hydrogens (tertiary/aromatic N) is 2. The lowest BCUT2D eigenvalue weighted by molar-refractivity contribution is -0.0525.